The van der Waals surface area contributed by atoms with Gasteiger partial charge < -0.3 is 5.32 Å². The molecule has 2 saturated heterocycles. The van der Waals surface area contributed by atoms with Crippen molar-refractivity contribution >= 4 is 0 Å². The van der Waals surface area contributed by atoms with Crippen LogP contribution in [0.3, 0.4) is 0 Å². The van der Waals surface area contributed by atoms with Gasteiger partial charge in [-0.15, -0.1) is 0 Å². The second kappa shape index (κ2) is 2.78. The average molecular weight is 153 g/mol. The van der Waals surface area contributed by atoms with Crippen LogP contribution in [0.15, 0.2) is 0 Å². The lowest BCUT2D eigenvalue weighted by molar-refractivity contribution is 0.140. The zero-order valence-corrected chi connectivity index (χ0v) is 7.64. The summed E-state index contributed by atoms with van der Waals surface area (Å²) in [6, 6.07) is 1.70. The third-order valence-corrected chi connectivity index (χ3v) is 3.67. The Balaban J connectivity index is 2.02. The Morgan fingerprint density at radius 1 is 0.818 bits per heavy atom. The molecule has 4 atom stereocenters. The van der Waals surface area contributed by atoms with Crippen molar-refractivity contribution in [3.05, 3.63) is 0 Å². The molecule has 0 unspecified atom stereocenters. The van der Waals surface area contributed by atoms with Crippen molar-refractivity contribution in [3.8, 4) is 0 Å². The molecule has 2 bridgehead atoms. The molecule has 64 valence electrons. The first-order valence-corrected chi connectivity index (χ1v) is 5.03. The van der Waals surface area contributed by atoms with Crippen molar-refractivity contribution in [3.63, 3.8) is 0 Å². The zero-order chi connectivity index (χ0) is 7.84. The first-order chi connectivity index (χ1) is 5.27. The third-order valence-electron chi connectivity index (χ3n) is 3.67. The Morgan fingerprint density at radius 2 is 1.27 bits per heavy atom. The summed E-state index contributed by atoms with van der Waals surface area (Å²) >= 11 is 0. The minimum atomic E-state index is 0.852. The van der Waals surface area contributed by atoms with Crippen molar-refractivity contribution in [2.75, 3.05) is 0 Å². The Labute approximate surface area is 69.6 Å². The Bertz CT molecular complexity index is 128. The molecule has 0 saturated carbocycles. The van der Waals surface area contributed by atoms with Gasteiger partial charge in [0, 0.05) is 12.1 Å². The monoisotopic (exact) mass is 153 g/mol. The molecule has 2 aliphatic rings. The molecule has 0 amide bonds. The van der Waals surface area contributed by atoms with Gasteiger partial charge in [0.15, 0.2) is 0 Å². The maximum Gasteiger partial charge on any atom is 0.00955 e. The van der Waals surface area contributed by atoms with Gasteiger partial charge in [-0.1, -0.05) is 13.8 Å². The van der Waals surface area contributed by atoms with Crippen LogP contribution in [0.25, 0.3) is 0 Å². The quantitative estimate of drug-likeness (QED) is 0.562. The maximum atomic E-state index is 3.75. The minimum absolute atomic E-state index is 0.852. The number of nitrogens with one attached hydrogen (secondary N) is 1. The van der Waals surface area contributed by atoms with Gasteiger partial charge in [-0.3, -0.25) is 0 Å². The van der Waals surface area contributed by atoms with Crippen LogP contribution in [0.1, 0.15) is 39.5 Å². The number of fused-ring (bicyclic) bond motifs is 2. The van der Waals surface area contributed by atoms with Crippen LogP contribution in [0.4, 0.5) is 0 Å². The normalized spacial score (nSPS) is 50.7. The molecular weight excluding hydrogens is 134 g/mol. The SMILES string of the molecule is C[C@H]1CC[C@H]2N[C@@H]1CC[C@@H]2C. The smallest absolute Gasteiger partial charge is 0.00955 e. The van der Waals surface area contributed by atoms with Gasteiger partial charge in [-0.25, -0.2) is 0 Å². The van der Waals surface area contributed by atoms with Crippen LogP contribution in [0.2, 0.25) is 0 Å². The highest BCUT2D eigenvalue weighted by molar-refractivity contribution is 4.91. The standard InChI is InChI=1S/C10H19N/c1-7-3-5-10-8(2)4-6-9(7)11-10/h7-11H,3-6H2,1-2H3/t7-,8-,9+,10+/m0/s1. The van der Waals surface area contributed by atoms with E-state index in [1.54, 1.807) is 0 Å². The molecule has 0 spiro atoms. The predicted octanol–water partition coefficient (Wildman–Crippen LogP) is 2.17. The van der Waals surface area contributed by atoms with E-state index in [2.05, 4.69) is 19.2 Å². The second-order valence-electron chi connectivity index (χ2n) is 4.49. The van der Waals surface area contributed by atoms with Crippen molar-refractivity contribution in [1.29, 1.82) is 0 Å². The lowest BCUT2D eigenvalue weighted by Crippen LogP contribution is -2.53. The first-order valence-electron chi connectivity index (χ1n) is 5.03. The molecule has 1 heteroatoms. The minimum Gasteiger partial charge on any atom is -0.311 e. The van der Waals surface area contributed by atoms with E-state index in [9.17, 15) is 0 Å². The fraction of sp³-hybridized carbons (Fsp3) is 1.00. The lowest BCUT2D eigenvalue weighted by atomic mass is 9.76. The molecule has 0 radical (unpaired) electrons. The van der Waals surface area contributed by atoms with Gasteiger partial charge in [0.05, 0.1) is 0 Å². The highest BCUT2D eigenvalue weighted by Gasteiger charge is 2.33. The molecule has 2 aliphatic heterocycles. The third kappa shape index (κ3) is 1.31. The predicted molar refractivity (Wildman–Crippen MR) is 47.5 cm³/mol. The second-order valence-corrected chi connectivity index (χ2v) is 4.49. The van der Waals surface area contributed by atoms with Crippen molar-refractivity contribution < 1.29 is 0 Å². The highest BCUT2D eigenvalue weighted by atomic mass is 15.0. The van der Waals surface area contributed by atoms with Crippen LogP contribution in [-0.4, -0.2) is 12.1 Å². The molecule has 1 N–H and O–H groups in total. The van der Waals surface area contributed by atoms with Gasteiger partial charge in [-0.2, -0.15) is 0 Å². The summed E-state index contributed by atoms with van der Waals surface area (Å²) in [5.74, 6) is 1.86. The molecule has 0 aromatic rings. The number of piperidine rings is 2. The molecule has 0 aromatic carbocycles. The van der Waals surface area contributed by atoms with Gasteiger partial charge in [-0.05, 0) is 37.5 Å². The number of hydrogen-bond acceptors (Lipinski definition) is 1. The molecule has 0 aromatic heterocycles. The van der Waals surface area contributed by atoms with E-state index < -0.39 is 0 Å². The summed E-state index contributed by atoms with van der Waals surface area (Å²) in [5.41, 5.74) is 0. The van der Waals surface area contributed by atoms with Gasteiger partial charge >= 0.3 is 0 Å². The largest absolute Gasteiger partial charge is 0.311 e. The van der Waals surface area contributed by atoms with Crippen LogP contribution >= 0.6 is 0 Å². The van der Waals surface area contributed by atoms with E-state index in [0.717, 1.165) is 23.9 Å². The molecule has 1 nitrogen and oxygen atoms in total. The molecule has 2 rings (SSSR count). The lowest BCUT2D eigenvalue weighted by Gasteiger charge is -2.43. The highest BCUT2D eigenvalue weighted by Crippen LogP contribution is 2.32. The Hall–Kier alpha value is -0.0400. The number of hydrogen-bond donors (Lipinski definition) is 1. The van der Waals surface area contributed by atoms with Crippen LogP contribution in [0, 0.1) is 11.8 Å². The summed E-state index contributed by atoms with van der Waals surface area (Å²) in [5, 5.41) is 3.75. The van der Waals surface area contributed by atoms with Gasteiger partial charge in [0.1, 0.15) is 0 Å². The maximum absolute atomic E-state index is 3.75. The van der Waals surface area contributed by atoms with E-state index in [-0.39, 0.29) is 0 Å². The molecular formula is C10H19N. The Morgan fingerprint density at radius 3 is 1.73 bits per heavy atom. The van der Waals surface area contributed by atoms with Crippen molar-refractivity contribution in [1.82, 2.24) is 5.32 Å². The fourth-order valence-electron chi connectivity index (χ4n) is 2.63. The molecule has 2 fully saturated rings. The molecule has 2 heterocycles. The van der Waals surface area contributed by atoms with Gasteiger partial charge in [0.25, 0.3) is 0 Å². The zero-order valence-electron chi connectivity index (χ0n) is 7.64. The summed E-state index contributed by atoms with van der Waals surface area (Å²) < 4.78 is 0. The average Bonchev–Trinajstić information content (AvgIpc) is 2.02. The van der Waals surface area contributed by atoms with E-state index >= 15 is 0 Å². The van der Waals surface area contributed by atoms with E-state index in [4.69, 9.17) is 0 Å². The molecule has 11 heavy (non-hydrogen) atoms. The van der Waals surface area contributed by atoms with Crippen molar-refractivity contribution in [2.45, 2.75) is 51.6 Å². The summed E-state index contributed by atoms with van der Waals surface area (Å²) in [7, 11) is 0. The van der Waals surface area contributed by atoms with Crippen molar-refractivity contribution in [2.24, 2.45) is 11.8 Å². The summed E-state index contributed by atoms with van der Waals surface area (Å²) in [6.07, 6.45) is 5.73. The Kier molecular flexibility index (Phi) is 1.92. The van der Waals surface area contributed by atoms with E-state index in [0.29, 0.717) is 0 Å². The first kappa shape index (κ1) is 7.60. The summed E-state index contributed by atoms with van der Waals surface area (Å²) in [6.45, 7) is 4.79. The van der Waals surface area contributed by atoms with Crippen LogP contribution in [-0.2, 0) is 0 Å². The number of rotatable bonds is 0. The van der Waals surface area contributed by atoms with Crippen LogP contribution < -0.4 is 5.32 Å². The van der Waals surface area contributed by atoms with Crippen LogP contribution in [0.5, 0.6) is 0 Å². The van der Waals surface area contributed by atoms with Gasteiger partial charge in [0.2, 0.25) is 0 Å². The molecule has 0 aliphatic carbocycles. The van der Waals surface area contributed by atoms with E-state index in [1.165, 1.54) is 25.7 Å². The fourth-order valence-corrected chi connectivity index (χ4v) is 2.63. The van der Waals surface area contributed by atoms with E-state index in [1.807, 2.05) is 0 Å². The summed E-state index contributed by atoms with van der Waals surface area (Å²) in [4.78, 5) is 0. The topological polar surface area (TPSA) is 12.0 Å².